The minimum Gasteiger partial charge on any atom is -0.378 e. The number of nitrogens with one attached hydrogen (secondary N) is 1. The number of aromatic amines is 1. The minimum atomic E-state index is -4.39. The molecule has 0 amide bonds. The van der Waals surface area contributed by atoms with E-state index in [9.17, 15) is 18.0 Å². The van der Waals surface area contributed by atoms with Gasteiger partial charge in [-0.15, -0.1) is 0 Å². The topological polar surface area (TPSA) is 47.0 Å². The van der Waals surface area contributed by atoms with Gasteiger partial charge < -0.3 is 4.74 Å². The zero-order valence-electron chi connectivity index (χ0n) is 9.99. The zero-order chi connectivity index (χ0) is 14.0. The quantitative estimate of drug-likeness (QED) is 0.932. The van der Waals surface area contributed by atoms with E-state index in [1.165, 1.54) is 25.3 Å². The van der Waals surface area contributed by atoms with Crippen LogP contribution in [0.5, 0.6) is 0 Å². The van der Waals surface area contributed by atoms with Crippen LogP contribution >= 0.6 is 0 Å². The Hall–Kier alpha value is -2.02. The number of nitrogens with zero attached hydrogens (tertiary/aromatic N) is 1. The second-order valence-electron chi connectivity index (χ2n) is 3.93. The summed E-state index contributed by atoms with van der Waals surface area (Å²) in [7, 11) is 1.48. The van der Waals surface area contributed by atoms with E-state index in [0.717, 1.165) is 16.8 Å². The fourth-order valence-corrected chi connectivity index (χ4v) is 1.67. The second-order valence-corrected chi connectivity index (χ2v) is 3.93. The molecule has 0 atom stereocenters. The number of rotatable bonds is 3. The van der Waals surface area contributed by atoms with Gasteiger partial charge in [0.15, 0.2) is 0 Å². The van der Waals surface area contributed by atoms with Crippen LogP contribution in [0.15, 0.2) is 35.1 Å². The Balaban J connectivity index is 2.35. The SMILES string of the molecule is COCc1cc(=O)n(-c2ccc(C(F)(F)F)cc2)[nH]1. The number of benzene rings is 1. The molecule has 102 valence electrons. The summed E-state index contributed by atoms with van der Waals surface area (Å²) in [6, 6.07) is 5.66. The molecule has 1 aromatic heterocycles. The predicted molar refractivity (Wildman–Crippen MR) is 62.1 cm³/mol. The van der Waals surface area contributed by atoms with Crippen LogP contribution in [0.2, 0.25) is 0 Å². The Morgan fingerprint density at radius 3 is 2.42 bits per heavy atom. The summed E-state index contributed by atoms with van der Waals surface area (Å²) < 4.78 is 43.3. The summed E-state index contributed by atoms with van der Waals surface area (Å²) in [5.74, 6) is 0. The monoisotopic (exact) mass is 272 g/mol. The largest absolute Gasteiger partial charge is 0.416 e. The predicted octanol–water partition coefficient (Wildman–Crippen LogP) is 2.33. The Morgan fingerprint density at radius 1 is 1.26 bits per heavy atom. The molecule has 0 saturated carbocycles. The van der Waals surface area contributed by atoms with E-state index in [4.69, 9.17) is 4.74 Å². The number of hydrogen-bond donors (Lipinski definition) is 1. The van der Waals surface area contributed by atoms with E-state index in [2.05, 4.69) is 5.10 Å². The molecule has 0 aliphatic carbocycles. The molecule has 0 bridgehead atoms. The van der Waals surface area contributed by atoms with Crippen molar-refractivity contribution in [3.8, 4) is 5.69 Å². The summed E-state index contributed by atoms with van der Waals surface area (Å²) in [4.78, 5) is 11.7. The number of aromatic nitrogens is 2. The number of halogens is 3. The molecule has 2 rings (SSSR count). The summed E-state index contributed by atoms with van der Waals surface area (Å²) in [5.41, 5.74) is -0.229. The second kappa shape index (κ2) is 4.93. The van der Waals surface area contributed by atoms with Crippen LogP contribution in [0.25, 0.3) is 5.69 Å². The van der Waals surface area contributed by atoms with E-state index in [1.54, 1.807) is 0 Å². The molecule has 1 N–H and O–H groups in total. The van der Waals surface area contributed by atoms with Gasteiger partial charge in [0.2, 0.25) is 0 Å². The lowest BCUT2D eigenvalue weighted by atomic mass is 10.2. The third-order valence-electron chi connectivity index (χ3n) is 2.53. The third kappa shape index (κ3) is 2.87. The Morgan fingerprint density at radius 2 is 1.89 bits per heavy atom. The van der Waals surface area contributed by atoms with Crippen molar-refractivity contribution in [1.29, 1.82) is 0 Å². The minimum absolute atomic E-state index is 0.225. The molecule has 0 radical (unpaired) electrons. The number of hydrogen-bond acceptors (Lipinski definition) is 2. The van der Waals surface area contributed by atoms with Gasteiger partial charge in [-0.1, -0.05) is 0 Å². The third-order valence-corrected chi connectivity index (χ3v) is 2.53. The first kappa shape index (κ1) is 13.4. The van der Waals surface area contributed by atoms with Crippen LogP contribution in [0.1, 0.15) is 11.3 Å². The summed E-state index contributed by atoms with van der Waals surface area (Å²) >= 11 is 0. The number of alkyl halides is 3. The van der Waals surface area contributed by atoms with Gasteiger partial charge >= 0.3 is 6.18 Å². The Kier molecular flexibility index (Phi) is 3.48. The van der Waals surface area contributed by atoms with Crippen LogP contribution in [0, 0.1) is 0 Å². The molecule has 7 heteroatoms. The highest BCUT2D eigenvalue weighted by molar-refractivity contribution is 5.35. The molecule has 19 heavy (non-hydrogen) atoms. The summed E-state index contributed by atoms with van der Waals surface area (Å²) in [5, 5.41) is 2.75. The van der Waals surface area contributed by atoms with Crippen molar-refractivity contribution in [1.82, 2.24) is 9.78 Å². The van der Waals surface area contributed by atoms with Gasteiger partial charge in [-0.05, 0) is 24.3 Å². The fraction of sp³-hybridized carbons (Fsp3) is 0.250. The van der Waals surface area contributed by atoms with Crippen LogP contribution in [0.3, 0.4) is 0 Å². The van der Waals surface area contributed by atoms with Crippen molar-refractivity contribution >= 4 is 0 Å². The highest BCUT2D eigenvalue weighted by Crippen LogP contribution is 2.29. The van der Waals surface area contributed by atoms with Crippen molar-refractivity contribution in [3.63, 3.8) is 0 Å². The van der Waals surface area contributed by atoms with Crippen LogP contribution < -0.4 is 5.56 Å². The molecule has 4 nitrogen and oxygen atoms in total. The molecular formula is C12H11F3N2O2. The maximum atomic E-state index is 12.4. The Bertz CT molecular complexity index is 611. The molecule has 2 aromatic rings. The van der Waals surface area contributed by atoms with E-state index in [0.29, 0.717) is 11.4 Å². The lowest BCUT2D eigenvalue weighted by Crippen LogP contribution is -2.14. The number of H-pyrrole nitrogens is 1. The smallest absolute Gasteiger partial charge is 0.378 e. The number of ether oxygens (including phenoxy) is 1. The molecule has 1 heterocycles. The first-order chi connectivity index (χ1) is 8.91. The van der Waals surface area contributed by atoms with Crippen LogP contribution in [-0.2, 0) is 17.5 Å². The summed E-state index contributed by atoms with van der Waals surface area (Å²) in [6.45, 7) is 0.225. The van der Waals surface area contributed by atoms with Gasteiger partial charge in [0.05, 0.1) is 23.6 Å². The van der Waals surface area contributed by atoms with E-state index >= 15 is 0 Å². The van der Waals surface area contributed by atoms with E-state index in [1.807, 2.05) is 0 Å². The van der Waals surface area contributed by atoms with Gasteiger partial charge in [-0.2, -0.15) is 13.2 Å². The first-order valence-corrected chi connectivity index (χ1v) is 5.39. The molecule has 0 saturated heterocycles. The molecule has 0 aliphatic rings. The van der Waals surface area contributed by atoms with Gasteiger partial charge in [0.1, 0.15) is 0 Å². The normalized spacial score (nSPS) is 11.8. The van der Waals surface area contributed by atoms with Crippen LogP contribution in [0.4, 0.5) is 13.2 Å². The van der Waals surface area contributed by atoms with Crippen molar-refractivity contribution in [2.24, 2.45) is 0 Å². The van der Waals surface area contributed by atoms with Gasteiger partial charge in [-0.3, -0.25) is 9.89 Å². The van der Waals surface area contributed by atoms with E-state index < -0.39 is 11.7 Å². The lowest BCUT2D eigenvalue weighted by Gasteiger charge is -2.07. The average molecular weight is 272 g/mol. The van der Waals surface area contributed by atoms with Crippen molar-refractivity contribution < 1.29 is 17.9 Å². The first-order valence-electron chi connectivity index (χ1n) is 5.39. The van der Waals surface area contributed by atoms with Gasteiger partial charge in [0, 0.05) is 13.2 Å². The average Bonchev–Trinajstić information content (AvgIpc) is 2.70. The standard InChI is InChI=1S/C12H11F3N2O2/c1-19-7-9-6-11(18)17(16-9)10-4-2-8(3-5-10)12(13,14)15/h2-6,16H,7H2,1H3. The fourth-order valence-electron chi connectivity index (χ4n) is 1.67. The molecule has 0 unspecified atom stereocenters. The Labute approximate surface area is 106 Å². The van der Waals surface area contributed by atoms with E-state index in [-0.39, 0.29) is 12.2 Å². The maximum absolute atomic E-state index is 12.4. The van der Waals surface area contributed by atoms with Crippen LogP contribution in [-0.4, -0.2) is 16.9 Å². The van der Waals surface area contributed by atoms with Crippen molar-refractivity contribution in [3.05, 3.63) is 51.9 Å². The molecule has 0 spiro atoms. The highest BCUT2D eigenvalue weighted by Gasteiger charge is 2.30. The van der Waals surface area contributed by atoms with Gasteiger partial charge in [-0.25, -0.2) is 4.68 Å². The molecule has 1 aromatic carbocycles. The lowest BCUT2D eigenvalue weighted by molar-refractivity contribution is -0.137. The maximum Gasteiger partial charge on any atom is 0.416 e. The highest BCUT2D eigenvalue weighted by atomic mass is 19.4. The van der Waals surface area contributed by atoms with Crippen molar-refractivity contribution in [2.75, 3.05) is 7.11 Å². The van der Waals surface area contributed by atoms with Gasteiger partial charge in [0.25, 0.3) is 5.56 Å². The summed E-state index contributed by atoms with van der Waals surface area (Å²) in [6.07, 6.45) is -4.39. The zero-order valence-corrected chi connectivity index (χ0v) is 9.99. The van der Waals surface area contributed by atoms with Crippen molar-refractivity contribution in [2.45, 2.75) is 12.8 Å². The number of methoxy groups -OCH3 is 1. The molecular weight excluding hydrogens is 261 g/mol. The molecule has 0 aliphatic heterocycles. The molecule has 0 fully saturated rings.